The topological polar surface area (TPSA) is 24.9 Å². The van der Waals surface area contributed by atoms with Crippen LogP contribution in [0.25, 0.3) is 0 Å². The molecule has 0 radical (unpaired) electrons. The first-order chi connectivity index (χ1) is 9.55. The number of aromatic nitrogens is 1. The molecule has 1 heterocycles. The van der Waals surface area contributed by atoms with Crippen LogP contribution in [0.15, 0.2) is 53.6 Å². The van der Waals surface area contributed by atoms with E-state index in [1.807, 2.05) is 30.3 Å². The van der Waals surface area contributed by atoms with E-state index in [1.165, 1.54) is 0 Å². The van der Waals surface area contributed by atoms with Crippen LogP contribution in [0.5, 0.6) is 0 Å². The summed E-state index contributed by atoms with van der Waals surface area (Å²) < 4.78 is 37.6. The summed E-state index contributed by atoms with van der Waals surface area (Å²) in [6.45, 7) is 0.549. The number of alkyl halides is 3. The molecule has 0 spiro atoms. The molecule has 0 amide bonds. The van der Waals surface area contributed by atoms with E-state index < -0.39 is 11.7 Å². The van der Waals surface area contributed by atoms with Gasteiger partial charge in [-0.1, -0.05) is 18.2 Å². The molecule has 1 N–H and O–H groups in total. The second-order valence-electron chi connectivity index (χ2n) is 4.02. The number of hydrogen-bond acceptors (Lipinski definition) is 3. The highest BCUT2D eigenvalue weighted by atomic mass is 32.2. The molecule has 0 bridgehead atoms. The van der Waals surface area contributed by atoms with Crippen molar-refractivity contribution in [3.63, 3.8) is 0 Å². The van der Waals surface area contributed by atoms with E-state index in [0.717, 1.165) is 29.0 Å². The van der Waals surface area contributed by atoms with Crippen molar-refractivity contribution in [2.75, 3.05) is 17.6 Å². The highest BCUT2D eigenvalue weighted by Crippen LogP contribution is 2.29. The van der Waals surface area contributed by atoms with Gasteiger partial charge in [0.1, 0.15) is 5.82 Å². The number of anilines is 1. The van der Waals surface area contributed by atoms with Crippen LogP contribution in [-0.2, 0) is 6.18 Å². The third-order valence-electron chi connectivity index (χ3n) is 2.51. The van der Waals surface area contributed by atoms with Crippen LogP contribution >= 0.6 is 11.8 Å². The Morgan fingerprint density at radius 3 is 2.55 bits per heavy atom. The van der Waals surface area contributed by atoms with Gasteiger partial charge in [-0.25, -0.2) is 4.98 Å². The molecule has 1 aromatic heterocycles. The minimum atomic E-state index is -4.34. The fraction of sp³-hybridized carbons (Fsp3) is 0.214. The largest absolute Gasteiger partial charge is 0.416 e. The van der Waals surface area contributed by atoms with Crippen molar-refractivity contribution >= 4 is 17.6 Å². The molecule has 0 unspecified atom stereocenters. The lowest BCUT2D eigenvalue weighted by Gasteiger charge is -2.09. The van der Waals surface area contributed by atoms with Gasteiger partial charge in [0, 0.05) is 23.4 Å². The molecule has 20 heavy (non-hydrogen) atoms. The first-order valence-electron chi connectivity index (χ1n) is 6.01. The lowest BCUT2D eigenvalue weighted by molar-refractivity contribution is -0.137. The predicted octanol–water partition coefficient (Wildman–Crippen LogP) is 4.30. The highest BCUT2D eigenvalue weighted by Gasteiger charge is 2.30. The van der Waals surface area contributed by atoms with Crippen molar-refractivity contribution in [1.82, 2.24) is 4.98 Å². The normalized spacial score (nSPS) is 11.3. The molecule has 106 valence electrons. The SMILES string of the molecule is FC(F)(F)c1ccnc(NCCSc2ccccc2)c1. The monoisotopic (exact) mass is 298 g/mol. The Balaban J connectivity index is 1.83. The van der Waals surface area contributed by atoms with E-state index >= 15 is 0 Å². The summed E-state index contributed by atoms with van der Waals surface area (Å²) in [6, 6.07) is 11.8. The molecule has 6 heteroatoms. The zero-order valence-electron chi connectivity index (χ0n) is 10.5. The number of hydrogen-bond donors (Lipinski definition) is 1. The number of nitrogens with zero attached hydrogens (tertiary/aromatic N) is 1. The van der Waals surface area contributed by atoms with Crippen molar-refractivity contribution in [3.8, 4) is 0 Å². The molecule has 0 atom stereocenters. The van der Waals surface area contributed by atoms with Crippen LogP contribution in [0.4, 0.5) is 19.0 Å². The van der Waals surface area contributed by atoms with Gasteiger partial charge in [0.2, 0.25) is 0 Å². The predicted molar refractivity (Wildman–Crippen MR) is 74.9 cm³/mol. The Morgan fingerprint density at radius 1 is 1.10 bits per heavy atom. The minimum absolute atomic E-state index is 0.244. The van der Waals surface area contributed by atoms with E-state index in [0.29, 0.717) is 6.54 Å². The number of nitrogens with one attached hydrogen (secondary N) is 1. The van der Waals surface area contributed by atoms with E-state index in [9.17, 15) is 13.2 Å². The first kappa shape index (κ1) is 14.7. The molecule has 0 fully saturated rings. The third kappa shape index (κ3) is 4.45. The number of pyridine rings is 1. The zero-order valence-corrected chi connectivity index (χ0v) is 11.3. The van der Waals surface area contributed by atoms with Crippen molar-refractivity contribution < 1.29 is 13.2 Å². The summed E-state index contributed by atoms with van der Waals surface area (Å²) in [6.07, 6.45) is -3.17. The molecule has 0 saturated heterocycles. The molecular weight excluding hydrogens is 285 g/mol. The van der Waals surface area contributed by atoms with Gasteiger partial charge in [0.15, 0.2) is 0 Å². The van der Waals surface area contributed by atoms with E-state index in [2.05, 4.69) is 10.3 Å². The van der Waals surface area contributed by atoms with Gasteiger partial charge in [0.25, 0.3) is 0 Å². The third-order valence-corrected chi connectivity index (χ3v) is 3.52. The molecule has 0 aliphatic rings. The van der Waals surface area contributed by atoms with E-state index in [4.69, 9.17) is 0 Å². The highest BCUT2D eigenvalue weighted by molar-refractivity contribution is 7.99. The van der Waals surface area contributed by atoms with Gasteiger partial charge in [-0.2, -0.15) is 13.2 Å². The molecule has 0 aliphatic carbocycles. The average molecular weight is 298 g/mol. The summed E-state index contributed by atoms with van der Waals surface area (Å²) in [5.41, 5.74) is -0.689. The van der Waals surface area contributed by atoms with Gasteiger partial charge in [0.05, 0.1) is 5.56 Å². The maximum atomic E-state index is 12.5. The Labute approximate surface area is 119 Å². The summed E-state index contributed by atoms with van der Waals surface area (Å²) in [4.78, 5) is 5.01. The Kier molecular flexibility index (Phi) is 4.89. The van der Waals surface area contributed by atoms with Gasteiger partial charge < -0.3 is 5.32 Å². The second-order valence-corrected chi connectivity index (χ2v) is 5.18. The molecule has 2 nitrogen and oxygen atoms in total. The van der Waals surface area contributed by atoms with Gasteiger partial charge in [-0.05, 0) is 24.3 Å². The van der Waals surface area contributed by atoms with Crippen LogP contribution in [0, 0.1) is 0 Å². The van der Waals surface area contributed by atoms with Crippen LogP contribution in [0.2, 0.25) is 0 Å². The summed E-state index contributed by atoms with van der Waals surface area (Å²) >= 11 is 1.64. The zero-order chi connectivity index (χ0) is 14.4. The molecule has 0 saturated carbocycles. The lowest BCUT2D eigenvalue weighted by atomic mass is 10.2. The van der Waals surface area contributed by atoms with Crippen LogP contribution in [0.1, 0.15) is 5.56 Å². The molecule has 2 aromatic rings. The lowest BCUT2D eigenvalue weighted by Crippen LogP contribution is -2.09. The fourth-order valence-corrected chi connectivity index (χ4v) is 2.36. The summed E-state index contributed by atoms with van der Waals surface area (Å²) in [7, 11) is 0. The Hall–Kier alpha value is -1.69. The quantitative estimate of drug-likeness (QED) is 0.658. The van der Waals surface area contributed by atoms with Crippen molar-refractivity contribution in [1.29, 1.82) is 0 Å². The average Bonchev–Trinajstić information content (AvgIpc) is 2.44. The van der Waals surface area contributed by atoms with Crippen LogP contribution in [0.3, 0.4) is 0 Å². The standard InChI is InChI=1S/C14H13F3N2S/c15-14(16,17)11-6-7-18-13(10-11)19-8-9-20-12-4-2-1-3-5-12/h1-7,10H,8-9H2,(H,18,19). The van der Waals surface area contributed by atoms with Crippen molar-refractivity contribution in [2.45, 2.75) is 11.1 Å². The van der Waals surface area contributed by atoms with Crippen LogP contribution in [-0.4, -0.2) is 17.3 Å². The molecule has 0 aliphatic heterocycles. The maximum Gasteiger partial charge on any atom is 0.416 e. The Morgan fingerprint density at radius 2 is 1.85 bits per heavy atom. The van der Waals surface area contributed by atoms with E-state index in [-0.39, 0.29) is 5.82 Å². The smallest absolute Gasteiger partial charge is 0.369 e. The van der Waals surface area contributed by atoms with Gasteiger partial charge >= 0.3 is 6.18 Å². The molecule has 2 rings (SSSR count). The van der Waals surface area contributed by atoms with Crippen LogP contribution < -0.4 is 5.32 Å². The molecular formula is C14H13F3N2S. The van der Waals surface area contributed by atoms with Crippen molar-refractivity contribution in [3.05, 3.63) is 54.2 Å². The molecule has 1 aromatic carbocycles. The van der Waals surface area contributed by atoms with E-state index in [1.54, 1.807) is 11.8 Å². The number of benzene rings is 1. The first-order valence-corrected chi connectivity index (χ1v) is 6.99. The van der Waals surface area contributed by atoms with Gasteiger partial charge in [-0.15, -0.1) is 11.8 Å². The fourth-order valence-electron chi connectivity index (χ4n) is 1.57. The summed E-state index contributed by atoms with van der Waals surface area (Å²) in [5, 5.41) is 2.90. The van der Waals surface area contributed by atoms with Crippen molar-refractivity contribution in [2.24, 2.45) is 0 Å². The Bertz CT molecular complexity index is 544. The summed E-state index contributed by atoms with van der Waals surface area (Å²) in [5.74, 6) is 0.996. The minimum Gasteiger partial charge on any atom is -0.369 e. The second kappa shape index (κ2) is 6.65. The maximum absolute atomic E-state index is 12.5. The number of thioether (sulfide) groups is 1. The van der Waals surface area contributed by atoms with Gasteiger partial charge in [-0.3, -0.25) is 0 Å². The number of halogens is 3. The number of rotatable bonds is 5.